The molecule has 1 unspecified atom stereocenters. The predicted molar refractivity (Wildman–Crippen MR) is 398 cm³/mol. The molecule has 0 aromatic heterocycles. The van der Waals surface area contributed by atoms with Crippen molar-refractivity contribution in [1.29, 1.82) is 0 Å². The van der Waals surface area contributed by atoms with Gasteiger partial charge in [0.2, 0.25) is 0 Å². The van der Waals surface area contributed by atoms with E-state index in [1.54, 1.807) is 42.7 Å². The Hall–Kier alpha value is -10.9. The molecule has 484 valence electrons. The monoisotopic (exact) mass is 1270 g/mol. The van der Waals surface area contributed by atoms with Crippen LogP contribution >= 0.6 is 0 Å². The van der Waals surface area contributed by atoms with E-state index in [0.29, 0.717) is 0 Å². The number of nitrogens with zero attached hydrogens (tertiary/aromatic N) is 4. The lowest BCUT2D eigenvalue weighted by Crippen LogP contribution is -2.19. The minimum absolute atomic E-state index is 0.00589. The Morgan fingerprint density at radius 2 is 0.646 bits per heavy atom. The Labute approximate surface area is 567 Å². The average Bonchev–Trinajstić information content (AvgIpc) is 1.58. The third-order valence-electron chi connectivity index (χ3n) is 18.9. The summed E-state index contributed by atoms with van der Waals surface area (Å²) in [6.07, 6.45) is 6.36. The largest absolute Gasteiger partial charge is 0.497 e. The van der Waals surface area contributed by atoms with Gasteiger partial charge in [0.25, 0.3) is 0 Å². The maximum absolute atomic E-state index is 5.52. The van der Waals surface area contributed by atoms with Crippen LogP contribution < -0.4 is 43.3 Å². The Bertz CT molecular complexity index is 4520. The van der Waals surface area contributed by atoms with Gasteiger partial charge >= 0.3 is 0 Å². The van der Waals surface area contributed by atoms with Crippen LogP contribution in [0.4, 0.5) is 56.9 Å². The number of ether oxygens (including phenoxy) is 6. The minimum atomic E-state index is -0.259. The van der Waals surface area contributed by atoms with Crippen molar-refractivity contribution >= 4 is 56.9 Å². The van der Waals surface area contributed by atoms with Crippen molar-refractivity contribution < 1.29 is 28.4 Å². The highest BCUT2D eigenvalue weighted by molar-refractivity contribution is 5.90. The Morgan fingerprint density at radius 3 is 1.01 bits per heavy atom. The van der Waals surface area contributed by atoms with E-state index in [2.05, 4.69) is 268 Å². The number of hydrogen-bond acceptors (Lipinski definition) is 10. The van der Waals surface area contributed by atoms with Gasteiger partial charge in [0.05, 0.1) is 41.7 Å². The van der Waals surface area contributed by atoms with E-state index in [1.165, 1.54) is 55.6 Å². The Kier molecular flexibility index (Phi) is 19.0. The third-order valence-corrected chi connectivity index (χ3v) is 18.9. The number of fused-ring (bicyclic) bond motifs is 6. The van der Waals surface area contributed by atoms with Crippen LogP contribution in [0.25, 0.3) is 33.4 Å². The van der Waals surface area contributed by atoms with Gasteiger partial charge in [-0.2, -0.15) is 0 Å². The molecule has 13 rings (SSSR count). The predicted octanol–water partition coefficient (Wildman–Crippen LogP) is 22.0. The van der Waals surface area contributed by atoms with Crippen molar-refractivity contribution in [2.45, 2.75) is 58.5 Å². The second-order valence-electron chi connectivity index (χ2n) is 25.2. The lowest BCUT2D eigenvalue weighted by Gasteiger charge is -2.29. The summed E-state index contributed by atoms with van der Waals surface area (Å²) < 4.78 is 32.8. The molecule has 2 aliphatic rings. The van der Waals surface area contributed by atoms with Gasteiger partial charge in [0.15, 0.2) is 0 Å². The standard InChI is InChI=1S/C48H42N2O3.C38H42N2O3/c1-48(2)46-31-39(49(36-15-23-41(51-3)24-16-36)35-13-11-34(12-14-35)33-9-7-6-8-10-33)21-29-44(46)45-30-22-40(32-47(45)48)50(37-17-25-42(52-4)26-18-37)38-19-27-43(53-5)28-20-38;1-9-27(11-10-26(2)41-6)40(29-14-20-33(43-8)21-15-29)31-17-23-35-34-22-16-30(24-36(34)38(3,4)37(35)25-31)39(5)28-12-18-32(42-7)19-13-28/h6-32H,1-5H3;9-26H,1-8H3/b;11-10-,27-9+. The number of benzene rings is 11. The summed E-state index contributed by atoms with van der Waals surface area (Å²) >= 11 is 0. The maximum Gasteiger partial charge on any atom is 0.119 e. The fourth-order valence-corrected chi connectivity index (χ4v) is 13.3. The van der Waals surface area contributed by atoms with Crippen LogP contribution in [0.3, 0.4) is 0 Å². The zero-order valence-electron chi connectivity index (χ0n) is 57.2. The highest BCUT2D eigenvalue weighted by atomic mass is 16.5. The van der Waals surface area contributed by atoms with Crippen LogP contribution in [0.1, 0.15) is 63.8 Å². The molecular weight excluding hydrogens is 1180 g/mol. The summed E-state index contributed by atoms with van der Waals surface area (Å²) in [5, 5.41) is 0. The van der Waals surface area contributed by atoms with Crippen LogP contribution in [-0.4, -0.2) is 55.8 Å². The van der Waals surface area contributed by atoms with Crippen molar-refractivity contribution in [3.63, 3.8) is 0 Å². The fraction of sp³-hybridized carbons (Fsp3) is 0.186. The van der Waals surface area contributed by atoms with Crippen molar-refractivity contribution in [1.82, 2.24) is 0 Å². The van der Waals surface area contributed by atoms with Gasteiger partial charge in [-0.3, -0.25) is 0 Å². The second-order valence-corrected chi connectivity index (χ2v) is 25.2. The molecule has 10 heteroatoms. The molecule has 96 heavy (non-hydrogen) atoms. The molecule has 0 saturated carbocycles. The molecule has 0 N–H and O–H groups in total. The summed E-state index contributed by atoms with van der Waals surface area (Å²) in [6.45, 7) is 13.4. The number of methoxy groups -OCH3 is 6. The van der Waals surface area contributed by atoms with Gasteiger partial charge in [-0.1, -0.05) is 107 Å². The van der Waals surface area contributed by atoms with Crippen LogP contribution in [0.15, 0.2) is 273 Å². The summed E-state index contributed by atoms with van der Waals surface area (Å²) in [6, 6.07) is 87.9. The van der Waals surface area contributed by atoms with Gasteiger partial charge in [0, 0.05) is 87.6 Å². The fourth-order valence-electron chi connectivity index (χ4n) is 13.3. The zero-order chi connectivity index (χ0) is 67.3. The van der Waals surface area contributed by atoms with Crippen molar-refractivity contribution in [3.8, 4) is 62.1 Å². The molecule has 0 heterocycles. The van der Waals surface area contributed by atoms with Crippen molar-refractivity contribution in [2.24, 2.45) is 0 Å². The van der Waals surface area contributed by atoms with Crippen LogP contribution in [-0.2, 0) is 15.6 Å². The lowest BCUT2D eigenvalue weighted by molar-refractivity contribution is 0.156. The number of allylic oxidation sites excluding steroid dienone is 2. The number of anilines is 10. The molecule has 2 aliphatic carbocycles. The molecule has 0 fully saturated rings. The minimum Gasteiger partial charge on any atom is -0.497 e. The van der Waals surface area contributed by atoms with E-state index in [0.717, 1.165) is 91.3 Å². The smallest absolute Gasteiger partial charge is 0.119 e. The first-order valence-corrected chi connectivity index (χ1v) is 32.6. The first kappa shape index (κ1) is 65.1. The topological polar surface area (TPSA) is 68.3 Å². The van der Waals surface area contributed by atoms with E-state index in [-0.39, 0.29) is 16.9 Å². The average molecular weight is 1270 g/mol. The van der Waals surface area contributed by atoms with Crippen molar-refractivity contribution in [3.05, 3.63) is 295 Å². The maximum atomic E-state index is 5.52. The van der Waals surface area contributed by atoms with Gasteiger partial charge < -0.3 is 48.0 Å². The highest BCUT2D eigenvalue weighted by Crippen LogP contribution is 2.54. The van der Waals surface area contributed by atoms with E-state index >= 15 is 0 Å². The van der Waals surface area contributed by atoms with E-state index in [9.17, 15) is 0 Å². The summed E-state index contributed by atoms with van der Waals surface area (Å²) in [5.41, 5.74) is 24.1. The molecule has 11 aromatic carbocycles. The van der Waals surface area contributed by atoms with Gasteiger partial charge in [-0.15, -0.1) is 0 Å². The van der Waals surface area contributed by atoms with Gasteiger partial charge in [0.1, 0.15) is 28.7 Å². The van der Waals surface area contributed by atoms with Crippen molar-refractivity contribution in [2.75, 3.05) is 69.3 Å². The molecule has 0 amide bonds. The van der Waals surface area contributed by atoms with Gasteiger partial charge in [-0.05, 0) is 258 Å². The normalized spacial score (nSPS) is 13.2. The van der Waals surface area contributed by atoms with Gasteiger partial charge in [-0.25, -0.2) is 0 Å². The summed E-state index contributed by atoms with van der Waals surface area (Å²) in [5.74, 6) is 4.15. The molecule has 0 spiro atoms. The highest BCUT2D eigenvalue weighted by Gasteiger charge is 2.38. The summed E-state index contributed by atoms with van der Waals surface area (Å²) in [4.78, 5) is 9.13. The lowest BCUT2D eigenvalue weighted by atomic mass is 9.82. The van der Waals surface area contributed by atoms with E-state index in [1.807, 2.05) is 67.6 Å². The zero-order valence-corrected chi connectivity index (χ0v) is 57.2. The quantitative estimate of drug-likeness (QED) is 0.0689. The van der Waals surface area contributed by atoms with E-state index < -0.39 is 0 Å². The van der Waals surface area contributed by atoms with E-state index in [4.69, 9.17) is 28.4 Å². The number of rotatable bonds is 20. The first-order chi connectivity index (χ1) is 46.6. The molecule has 1 atom stereocenters. The third kappa shape index (κ3) is 12.9. The molecule has 0 aliphatic heterocycles. The molecule has 0 bridgehead atoms. The Balaban J connectivity index is 0.000000188. The van der Waals surface area contributed by atoms with Crippen LogP contribution in [0, 0.1) is 0 Å². The first-order valence-electron chi connectivity index (χ1n) is 32.6. The molecule has 0 radical (unpaired) electrons. The molecule has 10 nitrogen and oxygen atoms in total. The summed E-state index contributed by atoms with van der Waals surface area (Å²) in [7, 11) is 12.3. The van der Waals surface area contributed by atoms with Crippen LogP contribution in [0.2, 0.25) is 0 Å². The molecular formula is C86H84N4O6. The SMILES string of the molecule is C/C=C(\C=C/C(C)OC)N(c1ccc(OC)cc1)c1ccc2c(c1)C(C)(C)c1cc(N(C)c3ccc(OC)cc3)ccc1-2.COc1ccc(N(c2ccc(OC)cc2)c2ccc3c(c2)C(C)(C)c2cc(N(c4ccc(OC)cc4)c4ccc(-c5ccccc5)cc4)ccc2-3)cc1. The molecule has 11 aromatic rings. The molecule has 0 saturated heterocycles. The number of hydrogen-bond donors (Lipinski definition) is 0. The van der Waals surface area contributed by atoms with Crippen LogP contribution in [0.5, 0.6) is 28.7 Å². The second kappa shape index (κ2) is 27.9. The Morgan fingerprint density at radius 1 is 0.344 bits per heavy atom.